The summed E-state index contributed by atoms with van der Waals surface area (Å²) in [5, 5.41) is 90.9. The summed E-state index contributed by atoms with van der Waals surface area (Å²) in [6, 6.07) is 74.7. The molecule has 0 saturated heterocycles. The molecule has 0 saturated carbocycles. The van der Waals surface area contributed by atoms with E-state index in [1.165, 1.54) is 51.8 Å². The summed E-state index contributed by atoms with van der Waals surface area (Å²) < 4.78 is 30.2. The minimum Gasteiger partial charge on any atom is -0.508 e. The minimum atomic E-state index is -1.43. The number of phenolic OH excluding ortho intramolecular Hbond substituents is 1. The van der Waals surface area contributed by atoms with E-state index in [1.54, 1.807) is 73.9 Å². The molecule has 11 N–H and O–H groups in total. The van der Waals surface area contributed by atoms with E-state index in [4.69, 9.17) is 85.1 Å². The number of aliphatic hydroxyl groups is 4. The Morgan fingerprint density at radius 2 is 0.746 bits per heavy atom. The number of aryl methyl sites for hydroxylation is 7. The van der Waals surface area contributed by atoms with Crippen molar-refractivity contribution in [3.63, 3.8) is 0 Å². The van der Waals surface area contributed by atoms with Gasteiger partial charge in [0.05, 0.1) is 66.7 Å². The molecule has 0 heterocycles. The predicted molar refractivity (Wildman–Crippen MR) is 465 cm³/mol. The molecule has 9 aromatic rings. The van der Waals surface area contributed by atoms with Crippen molar-refractivity contribution in [2.24, 2.45) is 11.8 Å². The molecule has 0 radical (unpaired) electrons. The van der Waals surface area contributed by atoms with Gasteiger partial charge < -0.3 is 89.4 Å². The maximum Gasteiger partial charge on any atom is 0.480 e. The van der Waals surface area contributed by atoms with Crippen LogP contribution in [-0.4, -0.2) is 157 Å². The third-order valence-corrected chi connectivity index (χ3v) is 17.0. The van der Waals surface area contributed by atoms with Gasteiger partial charge in [-0.25, -0.2) is 4.79 Å². The van der Waals surface area contributed by atoms with E-state index in [0.29, 0.717) is 19.3 Å². The van der Waals surface area contributed by atoms with Crippen molar-refractivity contribution >= 4 is 37.6 Å². The number of terminal acetylenes is 1. The van der Waals surface area contributed by atoms with E-state index in [2.05, 4.69) is 59.8 Å². The molecule has 23 heteroatoms. The first kappa shape index (κ1) is 104. The second-order valence-corrected chi connectivity index (χ2v) is 26.0. The molecule has 0 bridgehead atoms. The van der Waals surface area contributed by atoms with Gasteiger partial charge in [-0.05, 0) is 226 Å². The Labute approximate surface area is 696 Å². The fourth-order valence-corrected chi connectivity index (χ4v) is 10.0. The number of ether oxygens (including phenoxy) is 6. The van der Waals surface area contributed by atoms with Crippen LogP contribution in [0.5, 0.6) is 40.2 Å². The molecule has 2 unspecified atom stereocenters. The predicted octanol–water partition coefficient (Wildman–Crippen LogP) is 14.4. The largest absolute Gasteiger partial charge is 0.508 e. The van der Waals surface area contributed by atoms with Crippen LogP contribution >= 0.6 is 0 Å². The summed E-state index contributed by atoms with van der Waals surface area (Å²) in [6.45, 7) is 5.38. The van der Waals surface area contributed by atoms with Crippen LogP contribution in [0.4, 0.5) is 0 Å². The van der Waals surface area contributed by atoms with E-state index < -0.39 is 49.1 Å². The zero-order valence-electron chi connectivity index (χ0n) is 69.1. The lowest BCUT2D eigenvalue weighted by Gasteiger charge is -2.21. The molecule has 0 aliphatic rings. The number of aromatic hydroxyl groups is 1. The molecule has 9 rings (SSSR count). The number of allylic oxidation sites excluding steroid dienone is 2. The standard InChI is InChI=1S/C14H15N.C14H20O5.C14H18O3.C11H15BO3.C11H12O.C10H14O2.C10H12O2.C9H12O2.C2H2O3/c1-3-7-13(8-4-1)11-15-12-14-9-5-2-6-10-14;1-9(14(17)18)13(16)12(15)8-5-10-3-6-11(19-2)7-4-10;1-11(14(15)16)5-3-4-6-12-7-9-13(17-2)10-8-12;1-15-11-7-5-10(6-8-11)4-2-3-9-12(13)14;1-3-4-5-10-6-8-11(12-2)9-7-10;2*1-12-10-6-4-9(5-7-10)3-2-8-11;10-7-1-2-8-3-5-9(11)6-4-8;3-1-2(4)5/h1-10,15H,11-12H2;3-4,6-7,9,12-13,15-16H,5,8H2,1-2H3,(H,17,18);3,5,7-11H,4,6H2,1-2H3,(H,15,16);3,5-9,13-14H,2,4H2,1H3;1,6-9H,4-5H2,2H3;4-7,11H,2-3,8H2,1H3;4-8H,2-3H2,1H3;3-6,10-11H,1-2,7H2;1H,(H,4,5)/b;;5-3+;9-3+;;;;;/t;9?,12-,13-;;;;;;;/m.0......./s1. The first-order valence-electron chi connectivity index (χ1n) is 38.6. The second-order valence-electron chi connectivity index (χ2n) is 26.0. The molecule has 4 atom stereocenters. The number of methoxy groups -OCH3 is 6. The van der Waals surface area contributed by atoms with Gasteiger partial charge >= 0.3 is 25.0 Å². The number of aliphatic carboxylic acids is 3. The monoisotopic (exact) mass is 1620 g/mol. The maximum atomic E-state index is 10.7. The molecular weight excluding hydrogens is 1500 g/mol. The average molecular weight is 1620 g/mol. The number of aliphatic hydroxyl groups excluding tert-OH is 4. The van der Waals surface area contributed by atoms with Gasteiger partial charge in [-0.2, -0.15) is 0 Å². The number of aldehydes is 2. The van der Waals surface area contributed by atoms with Crippen molar-refractivity contribution in [1.29, 1.82) is 0 Å². The zero-order valence-corrected chi connectivity index (χ0v) is 69.1. The third kappa shape index (κ3) is 52.6. The number of phenols is 1. The van der Waals surface area contributed by atoms with E-state index in [-0.39, 0.29) is 25.2 Å². The third-order valence-electron chi connectivity index (χ3n) is 17.0. The van der Waals surface area contributed by atoms with E-state index >= 15 is 0 Å². The Hall–Kier alpha value is -11.8. The van der Waals surface area contributed by atoms with Crippen molar-refractivity contribution in [3.8, 4) is 52.6 Å². The summed E-state index contributed by atoms with van der Waals surface area (Å²) in [5.74, 6) is 4.62. The lowest BCUT2D eigenvalue weighted by atomic mass is 9.91. The minimum absolute atomic E-state index is 0.167. The average Bonchev–Trinajstić information content (AvgIpc) is 0.891. The first-order chi connectivity index (χ1) is 56.9. The Morgan fingerprint density at radius 1 is 0.432 bits per heavy atom. The molecular formula is C95H120BNO21. The highest BCUT2D eigenvalue weighted by Crippen LogP contribution is 2.20. The van der Waals surface area contributed by atoms with Crippen molar-refractivity contribution in [2.75, 3.05) is 55.9 Å². The quantitative estimate of drug-likeness (QED) is 0.00566. The highest BCUT2D eigenvalue weighted by atomic mass is 16.5. The number of rotatable bonds is 37. The SMILES string of the molecule is C#CCCc1ccc(OC)cc1.COc1ccc(CC/C=C/B(O)O)cc1.COc1ccc(CC/C=C/C(C)C(=O)O)cc1.COc1ccc(CCC=O)cc1.COc1ccc(CCCO)cc1.COc1ccc(CC[C@H](O)[C@@H](O)C(C)C(=O)O)cc1.O=CC(=O)O.OCCCc1ccc(O)cc1.c1ccc(CNCc2ccccc2)cc1. The maximum absolute atomic E-state index is 10.7. The Bertz CT molecular complexity index is 4090. The summed E-state index contributed by atoms with van der Waals surface area (Å²) in [6.07, 6.45) is 19.9. The van der Waals surface area contributed by atoms with E-state index in [9.17, 15) is 24.6 Å². The second kappa shape index (κ2) is 67.3. The number of hydrogen-bond donors (Lipinski definition) is 11. The summed E-state index contributed by atoms with van der Waals surface area (Å²) in [4.78, 5) is 49.3. The number of carbonyl (C=O) groups excluding carboxylic acids is 2. The summed E-state index contributed by atoms with van der Waals surface area (Å²) >= 11 is 0. The molecule has 9 aromatic carbocycles. The lowest BCUT2D eigenvalue weighted by molar-refractivity contribution is -0.148. The van der Waals surface area contributed by atoms with Gasteiger partial charge in [0.2, 0.25) is 6.29 Å². The summed E-state index contributed by atoms with van der Waals surface area (Å²) in [7, 11) is 8.48. The fourth-order valence-electron chi connectivity index (χ4n) is 10.0. The normalized spacial score (nSPS) is 11.0. The van der Waals surface area contributed by atoms with Gasteiger partial charge in [-0.3, -0.25) is 14.4 Å². The number of carboxylic acids is 3. The van der Waals surface area contributed by atoms with E-state index in [0.717, 1.165) is 136 Å². The number of carboxylic acid groups (broad SMARTS) is 3. The molecule has 118 heavy (non-hydrogen) atoms. The van der Waals surface area contributed by atoms with Gasteiger partial charge in [0, 0.05) is 39.1 Å². The van der Waals surface area contributed by atoms with Crippen LogP contribution in [0.1, 0.15) is 109 Å². The fraction of sp³-hybridized carbons (Fsp3) is 0.316. The lowest BCUT2D eigenvalue weighted by Crippen LogP contribution is -2.36. The van der Waals surface area contributed by atoms with Gasteiger partial charge in [-0.1, -0.05) is 170 Å². The molecule has 634 valence electrons. The van der Waals surface area contributed by atoms with Crippen LogP contribution < -0.4 is 33.7 Å². The number of carbonyl (C=O) groups is 5. The Morgan fingerprint density at radius 3 is 1.04 bits per heavy atom. The van der Waals surface area contributed by atoms with Gasteiger partial charge in [0.25, 0.3) is 0 Å². The summed E-state index contributed by atoms with van der Waals surface area (Å²) in [5.41, 5.74) is 10.9. The van der Waals surface area contributed by atoms with Gasteiger partial charge in [0.1, 0.15) is 46.5 Å². The van der Waals surface area contributed by atoms with Crippen molar-refractivity contribution in [1.82, 2.24) is 5.32 Å². The molecule has 0 aliphatic heterocycles. The van der Waals surface area contributed by atoms with Crippen LogP contribution in [0.15, 0.2) is 255 Å². The number of benzene rings is 9. The Balaban J connectivity index is 0.000000672. The van der Waals surface area contributed by atoms with Crippen LogP contribution in [0.3, 0.4) is 0 Å². The smallest absolute Gasteiger partial charge is 0.480 e. The molecule has 22 nitrogen and oxygen atoms in total. The molecule has 0 fully saturated rings. The molecule has 0 aromatic heterocycles. The van der Waals surface area contributed by atoms with Crippen LogP contribution in [0, 0.1) is 24.2 Å². The van der Waals surface area contributed by atoms with Crippen molar-refractivity contribution in [2.45, 2.75) is 129 Å². The van der Waals surface area contributed by atoms with Crippen LogP contribution in [0.2, 0.25) is 0 Å². The number of nitrogens with one attached hydrogen (secondary N) is 1. The molecule has 0 spiro atoms. The Kier molecular flexibility index (Phi) is 59.4. The van der Waals surface area contributed by atoms with Crippen molar-refractivity contribution < 1.29 is 103 Å². The molecule has 0 amide bonds. The highest BCUT2D eigenvalue weighted by molar-refractivity contribution is 6.47. The highest BCUT2D eigenvalue weighted by Gasteiger charge is 2.27. The first-order valence-corrected chi connectivity index (χ1v) is 38.6. The number of hydrogen-bond acceptors (Lipinski definition) is 19. The van der Waals surface area contributed by atoms with E-state index in [1.807, 2.05) is 176 Å². The topological polar surface area (TPSA) is 355 Å². The van der Waals surface area contributed by atoms with Crippen LogP contribution in [-0.2, 0) is 82.0 Å². The van der Waals surface area contributed by atoms with Crippen LogP contribution in [0.25, 0.3) is 0 Å². The van der Waals surface area contributed by atoms with Gasteiger partial charge in [0.15, 0.2) is 0 Å². The zero-order chi connectivity index (χ0) is 87.4. The van der Waals surface area contributed by atoms with Gasteiger partial charge in [-0.15, -0.1) is 12.3 Å². The van der Waals surface area contributed by atoms with Crippen molar-refractivity contribution in [3.05, 3.63) is 305 Å². The molecule has 0 aliphatic carbocycles.